The van der Waals surface area contributed by atoms with Crippen LogP contribution in [0.25, 0.3) is 0 Å². The number of carbonyl (C=O) groups excluding carboxylic acids is 1. The second-order valence-electron chi connectivity index (χ2n) is 4.16. The van der Waals surface area contributed by atoms with E-state index in [-0.39, 0.29) is 5.91 Å². The van der Waals surface area contributed by atoms with Crippen molar-refractivity contribution in [2.24, 2.45) is 0 Å². The van der Waals surface area contributed by atoms with E-state index >= 15 is 0 Å². The van der Waals surface area contributed by atoms with Crippen molar-refractivity contribution >= 4 is 5.91 Å². The highest BCUT2D eigenvalue weighted by molar-refractivity contribution is 5.76. The third kappa shape index (κ3) is 3.14. The maximum atomic E-state index is 11.4. The van der Waals surface area contributed by atoms with Crippen molar-refractivity contribution in [2.75, 3.05) is 13.1 Å². The number of nitrogens with one attached hydrogen (secondary N) is 2. The Morgan fingerprint density at radius 2 is 2.43 bits per heavy atom. The molecule has 1 aliphatic carbocycles. The average molecular weight is 194 g/mol. The van der Waals surface area contributed by atoms with Gasteiger partial charge in [-0.05, 0) is 32.2 Å². The van der Waals surface area contributed by atoms with E-state index < -0.39 is 0 Å². The largest absolute Gasteiger partial charge is 0.353 e. The van der Waals surface area contributed by atoms with Gasteiger partial charge in [0.25, 0.3) is 0 Å². The molecule has 1 fully saturated rings. The molecule has 0 bridgehead atoms. The number of carbonyl (C=O) groups is 1. The van der Waals surface area contributed by atoms with Gasteiger partial charge in [0.2, 0.25) is 5.91 Å². The zero-order valence-electron chi connectivity index (χ0n) is 8.51. The highest BCUT2D eigenvalue weighted by Gasteiger charge is 2.22. The number of rotatable bonds is 4. The lowest BCUT2D eigenvalue weighted by molar-refractivity contribution is -0.121. The van der Waals surface area contributed by atoms with Crippen molar-refractivity contribution in [1.29, 1.82) is 0 Å². The molecule has 0 spiro atoms. The smallest absolute Gasteiger partial charge is 0.220 e. The molecule has 0 unspecified atom stereocenters. The van der Waals surface area contributed by atoms with Crippen molar-refractivity contribution in [2.45, 2.75) is 38.1 Å². The summed E-state index contributed by atoms with van der Waals surface area (Å²) in [4.78, 5) is 11.4. The number of amides is 1. The van der Waals surface area contributed by atoms with E-state index in [1.54, 1.807) is 0 Å². The lowest BCUT2D eigenvalue weighted by atomic mass is 10.0. The summed E-state index contributed by atoms with van der Waals surface area (Å²) < 4.78 is 0. The molecule has 2 aliphatic rings. The van der Waals surface area contributed by atoms with Crippen LogP contribution in [0.15, 0.2) is 11.6 Å². The molecule has 3 nitrogen and oxygen atoms in total. The zero-order valence-corrected chi connectivity index (χ0v) is 8.51. The van der Waals surface area contributed by atoms with Gasteiger partial charge in [-0.1, -0.05) is 11.6 Å². The van der Waals surface area contributed by atoms with Crippen LogP contribution in [0.4, 0.5) is 0 Å². The van der Waals surface area contributed by atoms with E-state index in [4.69, 9.17) is 0 Å². The number of hydrogen-bond acceptors (Lipinski definition) is 2. The van der Waals surface area contributed by atoms with Crippen molar-refractivity contribution in [3.8, 4) is 0 Å². The average Bonchev–Trinajstić information content (AvgIpc) is 3.00. The fourth-order valence-electron chi connectivity index (χ4n) is 1.70. The monoisotopic (exact) mass is 194 g/mol. The summed E-state index contributed by atoms with van der Waals surface area (Å²) in [5, 5.41) is 6.28. The van der Waals surface area contributed by atoms with Gasteiger partial charge in [-0.15, -0.1) is 0 Å². The van der Waals surface area contributed by atoms with E-state index in [0.29, 0.717) is 12.5 Å². The predicted octanol–water partition coefficient (Wildman–Crippen LogP) is 0.965. The molecule has 0 aromatic heterocycles. The third-order valence-electron chi connectivity index (χ3n) is 2.77. The standard InChI is InChI=1S/C11H18N2O/c14-11(13-10-2-3-10)4-1-9-5-7-12-8-6-9/h5,10,12H,1-4,6-8H2,(H,13,14). The molecular formula is C11H18N2O. The van der Waals surface area contributed by atoms with Crippen LogP contribution >= 0.6 is 0 Å². The molecule has 1 amide bonds. The first-order valence-corrected chi connectivity index (χ1v) is 5.52. The fourth-order valence-corrected chi connectivity index (χ4v) is 1.70. The molecule has 2 rings (SSSR count). The van der Waals surface area contributed by atoms with Crippen molar-refractivity contribution in [3.05, 3.63) is 11.6 Å². The Labute approximate surface area is 84.9 Å². The normalized spacial score (nSPS) is 21.6. The van der Waals surface area contributed by atoms with Gasteiger partial charge < -0.3 is 10.6 Å². The lowest BCUT2D eigenvalue weighted by Gasteiger charge is -2.13. The van der Waals surface area contributed by atoms with Crippen LogP contribution in [0.1, 0.15) is 32.1 Å². The molecule has 1 aliphatic heterocycles. The van der Waals surface area contributed by atoms with E-state index in [1.165, 1.54) is 18.4 Å². The second-order valence-corrected chi connectivity index (χ2v) is 4.16. The molecule has 78 valence electrons. The Hall–Kier alpha value is -0.830. The molecule has 3 heteroatoms. The summed E-state index contributed by atoms with van der Waals surface area (Å²) in [6.45, 7) is 2.04. The van der Waals surface area contributed by atoms with Crippen molar-refractivity contribution < 1.29 is 4.79 Å². The Morgan fingerprint density at radius 1 is 1.57 bits per heavy atom. The maximum Gasteiger partial charge on any atom is 0.220 e. The fraction of sp³-hybridized carbons (Fsp3) is 0.727. The third-order valence-corrected chi connectivity index (χ3v) is 2.77. The van der Waals surface area contributed by atoms with Gasteiger partial charge in [0.1, 0.15) is 0 Å². The molecule has 0 saturated heterocycles. The van der Waals surface area contributed by atoms with Gasteiger partial charge in [-0.2, -0.15) is 0 Å². The Kier molecular flexibility index (Phi) is 3.19. The summed E-state index contributed by atoms with van der Waals surface area (Å²) in [5.74, 6) is 0.229. The van der Waals surface area contributed by atoms with Crippen LogP contribution < -0.4 is 10.6 Å². The first kappa shape index (κ1) is 9.71. The Balaban J connectivity index is 1.64. The summed E-state index contributed by atoms with van der Waals surface area (Å²) in [6.07, 6.45) is 7.30. The molecular weight excluding hydrogens is 176 g/mol. The first-order valence-electron chi connectivity index (χ1n) is 5.52. The summed E-state index contributed by atoms with van der Waals surface area (Å²) in [7, 11) is 0. The minimum atomic E-state index is 0.229. The highest BCUT2D eigenvalue weighted by Crippen LogP contribution is 2.19. The van der Waals surface area contributed by atoms with E-state index in [2.05, 4.69) is 16.7 Å². The van der Waals surface area contributed by atoms with Gasteiger partial charge >= 0.3 is 0 Å². The topological polar surface area (TPSA) is 41.1 Å². The van der Waals surface area contributed by atoms with Crippen LogP contribution in [0.5, 0.6) is 0 Å². The molecule has 14 heavy (non-hydrogen) atoms. The quantitative estimate of drug-likeness (QED) is 0.655. The SMILES string of the molecule is O=C(CCC1=CCNCC1)NC1CC1. The first-order chi connectivity index (χ1) is 6.84. The maximum absolute atomic E-state index is 11.4. The molecule has 0 atom stereocenters. The molecule has 0 aromatic carbocycles. The second kappa shape index (κ2) is 4.60. The highest BCUT2D eigenvalue weighted by atomic mass is 16.1. The van der Waals surface area contributed by atoms with Crippen molar-refractivity contribution in [1.82, 2.24) is 10.6 Å². The molecule has 0 aromatic rings. The van der Waals surface area contributed by atoms with E-state index in [9.17, 15) is 4.79 Å². The molecule has 1 saturated carbocycles. The molecule has 2 N–H and O–H groups in total. The van der Waals surface area contributed by atoms with Crippen molar-refractivity contribution in [3.63, 3.8) is 0 Å². The lowest BCUT2D eigenvalue weighted by Crippen LogP contribution is -2.26. The van der Waals surface area contributed by atoms with Crippen LogP contribution in [-0.4, -0.2) is 25.0 Å². The minimum Gasteiger partial charge on any atom is -0.353 e. The zero-order chi connectivity index (χ0) is 9.80. The summed E-state index contributed by atoms with van der Waals surface area (Å²) in [6, 6.07) is 0.504. The predicted molar refractivity (Wildman–Crippen MR) is 56.0 cm³/mol. The Morgan fingerprint density at radius 3 is 3.07 bits per heavy atom. The summed E-state index contributed by atoms with van der Waals surface area (Å²) >= 11 is 0. The minimum absolute atomic E-state index is 0.229. The van der Waals surface area contributed by atoms with Crippen LogP contribution in [0, 0.1) is 0 Å². The van der Waals surface area contributed by atoms with Gasteiger partial charge in [0.05, 0.1) is 0 Å². The van der Waals surface area contributed by atoms with Gasteiger partial charge in [-0.25, -0.2) is 0 Å². The molecule has 1 heterocycles. The van der Waals surface area contributed by atoms with Gasteiger partial charge in [0.15, 0.2) is 0 Å². The van der Waals surface area contributed by atoms with Gasteiger partial charge in [-0.3, -0.25) is 4.79 Å². The summed E-state index contributed by atoms with van der Waals surface area (Å²) in [5.41, 5.74) is 1.44. The van der Waals surface area contributed by atoms with E-state index in [1.807, 2.05) is 0 Å². The van der Waals surface area contributed by atoms with Crippen LogP contribution in [0.3, 0.4) is 0 Å². The van der Waals surface area contributed by atoms with Crippen LogP contribution in [-0.2, 0) is 4.79 Å². The number of hydrogen-bond donors (Lipinski definition) is 2. The van der Waals surface area contributed by atoms with Crippen LogP contribution in [0.2, 0.25) is 0 Å². The molecule has 0 radical (unpaired) electrons. The van der Waals surface area contributed by atoms with E-state index in [0.717, 1.165) is 25.9 Å². The Bertz CT molecular complexity index is 244. The van der Waals surface area contributed by atoms with Gasteiger partial charge in [0, 0.05) is 19.0 Å².